The van der Waals surface area contributed by atoms with E-state index in [-0.39, 0.29) is 18.6 Å². The zero-order valence-corrected chi connectivity index (χ0v) is 11.8. The zero-order chi connectivity index (χ0) is 14.4. The minimum absolute atomic E-state index is 0.0159. The predicted molar refractivity (Wildman–Crippen MR) is 74.1 cm³/mol. The highest BCUT2D eigenvalue weighted by atomic mass is 16.5. The molecule has 1 aliphatic rings. The molecule has 110 valence electrons. The van der Waals surface area contributed by atoms with Gasteiger partial charge in [0.15, 0.2) is 6.61 Å². The Morgan fingerprint density at radius 1 is 1.50 bits per heavy atom. The summed E-state index contributed by atoms with van der Waals surface area (Å²) in [6, 6.07) is 5.84. The molecule has 20 heavy (non-hydrogen) atoms. The standard InChI is InChI=1S/C14H20N2O4/c1-15-12-8-20-13-7-10(3-4-11(12)13)19-9-14(17)16-5-6-18-2/h3-4,7,12,15H,5-6,8-9H2,1-2H3,(H,16,17). The van der Waals surface area contributed by atoms with Crippen LogP contribution < -0.4 is 20.1 Å². The molecule has 2 N–H and O–H groups in total. The highest BCUT2D eigenvalue weighted by molar-refractivity contribution is 5.77. The number of methoxy groups -OCH3 is 1. The van der Waals surface area contributed by atoms with Crippen LogP contribution in [0.2, 0.25) is 0 Å². The third kappa shape index (κ3) is 3.61. The van der Waals surface area contributed by atoms with Crippen LogP contribution in [-0.4, -0.2) is 46.4 Å². The molecular formula is C14H20N2O4. The minimum Gasteiger partial charge on any atom is -0.491 e. The van der Waals surface area contributed by atoms with E-state index in [2.05, 4.69) is 10.6 Å². The highest BCUT2D eigenvalue weighted by Gasteiger charge is 2.22. The van der Waals surface area contributed by atoms with Crippen LogP contribution in [0.1, 0.15) is 11.6 Å². The van der Waals surface area contributed by atoms with E-state index in [0.717, 1.165) is 11.3 Å². The normalized spacial score (nSPS) is 16.4. The van der Waals surface area contributed by atoms with Gasteiger partial charge in [0.1, 0.15) is 18.1 Å². The van der Waals surface area contributed by atoms with Gasteiger partial charge in [-0.05, 0) is 19.2 Å². The fourth-order valence-corrected chi connectivity index (χ4v) is 2.01. The predicted octanol–water partition coefficient (Wildman–Crippen LogP) is 0.481. The van der Waals surface area contributed by atoms with E-state index in [1.54, 1.807) is 7.11 Å². The molecule has 1 aliphatic heterocycles. The van der Waals surface area contributed by atoms with Gasteiger partial charge in [0, 0.05) is 25.3 Å². The third-order valence-electron chi connectivity index (χ3n) is 3.11. The summed E-state index contributed by atoms with van der Waals surface area (Å²) in [6.45, 7) is 1.57. The lowest BCUT2D eigenvalue weighted by atomic mass is 10.1. The number of hydrogen-bond acceptors (Lipinski definition) is 5. The molecule has 6 nitrogen and oxygen atoms in total. The van der Waals surface area contributed by atoms with Gasteiger partial charge in [-0.2, -0.15) is 0 Å². The van der Waals surface area contributed by atoms with Crippen LogP contribution in [0.5, 0.6) is 11.5 Å². The summed E-state index contributed by atoms with van der Waals surface area (Å²) in [5.74, 6) is 1.26. The molecule has 1 unspecified atom stereocenters. The van der Waals surface area contributed by atoms with Gasteiger partial charge in [0.25, 0.3) is 5.91 Å². The van der Waals surface area contributed by atoms with Crippen molar-refractivity contribution in [2.45, 2.75) is 6.04 Å². The maximum absolute atomic E-state index is 11.5. The summed E-state index contributed by atoms with van der Waals surface area (Å²) in [5.41, 5.74) is 1.12. The largest absolute Gasteiger partial charge is 0.491 e. The van der Waals surface area contributed by atoms with Gasteiger partial charge in [0.05, 0.1) is 12.6 Å². The number of benzene rings is 1. The molecule has 1 heterocycles. The van der Waals surface area contributed by atoms with E-state index in [0.29, 0.717) is 25.5 Å². The third-order valence-corrected chi connectivity index (χ3v) is 3.11. The van der Waals surface area contributed by atoms with Gasteiger partial charge in [-0.15, -0.1) is 0 Å². The average molecular weight is 280 g/mol. The zero-order valence-electron chi connectivity index (χ0n) is 11.8. The van der Waals surface area contributed by atoms with Crippen molar-refractivity contribution < 1.29 is 19.0 Å². The molecule has 1 atom stereocenters. The number of carbonyl (C=O) groups is 1. The monoisotopic (exact) mass is 280 g/mol. The molecule has 0 fully saturated rings. The molecule has 1 amide bonds. The Hall–Kier alpha value is -1.79. The Kier molecular flexibility index (Phi) is 5.20. The van der Waals surface area contributed by atoms with Crippen molar-refractivity contribution in [3.63, 3.8) is 0 Å². The summed E-state index contributed by atoms with van der Waals surface area (Å²) in [4.78, 5) is 11.5. The lowest BCUT2D eigenvalue weighted by molar-refractivity contribution is -0.123. The second kappa shape index (κ2) is 7.12. The topological polar surface area (TPSA) is 68.8 Å². The second-order valence-corrected chi connectivity index (χ2v) is 4.48. The number of ether oxygens (including phenoxy) is 3. The van der Waals surface area contributed by atoms with Crippen LogP contribution in [0.4, 0.5) is 0 Å². The van der Waals surface area contributed by atoms with E-state index < -0.39 is 0 Å². The number of nitrogens with one attached hydrogen (secondary N) is 2. The fourth-order valence-electron chi connectivity index (χ4n) is 2.01. The molecule has 6 heteroatoms. The van der Waals surface area contributed by atoms with Crippen LogP contribution in [-0.2, 0) is 9.53 Å². The van der Waals surface area contributed by atoms with Crippen LogP contribution in [0.15, 0.2) is 18.2 Å². The Labute approximate surface area is 118 Å². The van der Waals surface area contributed by atoms with Crippen molar-refractivity contribution in [1.29, 1.82) is 0 Å². The fraction of sp³-hybridized carbons (Fsp3) is 0.500. The number of amides is 1. The summed E-state index contributed by atoms with van der Waals surface area (Å²) in [7, 11) is 3.49. The Balaban J connectivity index is 1.84. The van der Waals surface area contributed by atoms with Crippen LogP contribution in [0, 0.1) is 0 Å². The molecule has 0 saturated heterocycles. The molecular weight excluding hydrogens is 260 g/mol. The first-order chi connectivity index (χ1) is 9.74. The molecule has 0 aromatic heterocycles. The van der Waals surface area contributed by atoms with Gasteiger partial charge >= 0.3 is 0 Å². The Morgan fingerprint density at radius 3 is 3.10 bits per heavy atom. The van der Waals surface area contributed by atoms with E-state index >= 15 is 0 Å². The minimum atomic E-state index is -0.170. The average Bonchev–Trinajstić information content (AvgIpc) is 2.87. The van der Waals surface area contributed by atoms with E-state index in [1.807, 2.05) is 25.2 Å². The van der Waals surface area contributed by atoms with Gasteiger partial charge < -0.3 is 24.8 Å². The number of likely N-dealkylation sites (N-methyl/N-ethyl adjacent to an activating group) is 1. The molecule has 0 bridgehead atoms. The van der Waals surface area contributed by atoms with Crippen molar-refractivity contribution in [3.05, 3.63) is 23.8 Å². The van der Waals surface area contributed by atoms with Gasteiger partial charge in [-0.1, -0.05) is 0 Å². The Morgan fingerprint density at radius 2 is 2.35 bits per heavy atom. The maximum atomic E-state index is 11.5. The molecule has 1 aromatic carbocycles. The van der Waals surface area contributed by atoms with Crippen molar-refractivity contribution in [3.8, 4) is 11.5 Å². The second-order valence-electron chi connectivity index (χ2n) is 4.48. The van der Waals surface area contributed by atoms with Gasteiger partial charge in [0.2, 0.25) is 0 Å². The van der Waals surface area contributed by atoms with E-state index in [1.165, 1.54) is 0 Å². The molecule has 1 aromatic rings. The van der Waals surface area contributed by atoms with E-state index in [4.69, 9.17) is 14.2 Å². The van der Waals surface area contributed by atoms with Crippen LogP contribution >= 0.6 is 0 Å². The van der Waals surface area contributed by atoms with Crippen LogP contribution in [0.3, 0.4) is 0 Å². The van der Waals surface area contributed by atoms with Gasteiger partial charge in [-0.25, -0.2) is 0 Å². The van der Waals surface area contributed by atoms with Crippen molar-refractivity contribution >= 4 is 5.91 Å². The van der Waals surface area contributed by atoms with Crippen molar-refractivity contribution in [2.24, 2.45) is 0 Å². The first kappa shape index (κ1) is 14.6. The number of fused-ring (bicyclic) bond motifs is 1. The summed E-state index contributed by atoms with van der Waals surface area (Å²) in [5, 5.41) is 5.87. The first-order valence-corrected chi connectivity index (χ1v) is 6.57. The van der Waals surface area contributed by atoms with E-state index in [9.17, 15) is 4.79 Å². The molecule has 0 radical (unpaired) electrons. The number of rotatable bonds is 7. The quantitative estimate of drug-likeness (QED) is 0.711. The smallest absolute Gasteiger partial charge is 0.258 e. The van der Waals surface area contributed by atoms with Crippen LogP contribution in [0.25, 0.3) is 0 Å². The molecule has 0 aliphatic carbocycles. The summed E-state index contributed by atoms with van der Waals surface area (Å²) in [6.07, 6.45) is 0. The number of hydrogen-bond donors (Lipinski definition) is 2. The molecule has 0 saturated carbocycles. The highest BCUT2D eigenvalue weighted by Crippen LogP contribution is 2.34. The summed E-state index contributed by atoms with van der Waals surface area (Å²) >= 11 is 0. The lowest BCUT2D eigenvalue weighted by Gasteiger charge is -2.09. The Bertz CT molecular complexity index is 464. The number of carbonyl (C=O) groups excluding carboxylic acids is 1. The SMILES string of the molecule is CNC1COc2cc(OCC(=O)NCCOC)ccc21. The first-order valence-electron chi connectivity index (χ1n) is 6.57. The van der Waals surface area contributed by atoms with Gasteiger partial charge in [-0.3, -0.25) is 4.79 Å². The molecule has 0 spiro atoms. The summed E-state index contributed by atoms with van der Waals surface area (Å²) < 4.78 is 15.9. The van der Waals surface area contributed by atoms with Crippen molar-refractivity contribution in [2.75, 3.05) is 40.5 Å². The maximum Gasteiger partial charge on any atom is 0.258 e. The lowest BCUT2D eigenvalue weighted by Crippen LogP contribution is -2.31. The van der Waals surface area contributed by atoms with Crippen molar-refractivity contribution in [1.82, 2.24) is 10.6 Å². The molecule has 2 rings (SSSR count).